The number of hydrogen-bond acceptors (Lipinski definition) is 2. The number of benzene rings is 2. The lowest BCUT2D eigenvalue weighted by molar-refractivity contribution is -0.189. The van der Waals surface area contributed by atoms with Gasteiger partial charge < -0.3 is 10.1 Å². The molecule has 1 aliphatic heterocycles. The lowest BCUT2D eigenvalue weighted by atomic mass is 10.0. The SMILES string of the molecule is C[C@H](Oc1cccc(Cl)c1-c1ccc2c(c1)CC(=O)N2)C(F)(F)F. The van der Waals surface area contributed by atoms with Crippen LogP contribution in [0.25, 0.3) is 11.1 Å². The highest BCUT2D eigenvalue weighted by atomic mass is 35.5. The van der Waals surface area contributed by atoms with Gasteiger partial charge in [-0.3, -0.25) is 4.79 Å². The average molecular weight is 356 g/mol. The molecular weight excluding hydrogens is 343 g/mol. The molecule has 0 radical (unpaired) electrons. The van der Waals surface area contributed by atoms with E-state index in [0.29, 0.717) is 16.8 Å². The number of hydrogen-bond donors (Lipinski definition) is 1. The van der Waals surface area contributed by atoms with Gasteiger partial charge in [0.25, 0.3) is 0 Å². The number of fused-ring (bicyclic) bond motifs is 1. The summed E-state index contributed by atoms with van der Waals surface area (Å²) >= 11 is 6.20. The van der Waals surface area contributed by atoms with E-state index in [1.807, 2.05) is 0 Å². The zero-order valence-corrected chi connectivity index (χ0v) is 13.3. The molecule has 7 heteroatoms. The molecule has 2 aromatic rings. The molecule has 126 valence electrons. The molecule has 1 heterocycles. The Bertz CT molecular complexity index is 805. The molecule has 2 aromatic carbocycles. The number of carbonyl (C=O) groups excluding carboxylic acids is 1. The fourth-order valence-electron chi connectivity index (χ4n) is 2.52. The number of halogens is 4. The largest absolute Gasteiger partial charge is 0.481 e. The smallest absolute Gasteiger partial charge is 0.425 e. The van der Waals surface area contributed by atoms with Crippen LogP contribution in [0.15, 0.2) is 36.4 Å². The third kappa shape index (κ3) is 3.19. The number of rotatable bonds is 3. The van der Waals surface area contributed by atoms with Crippen molar-refractivity contribution in [1.82, 2.24) is 0 Å². The molecule has 24 heavy (non-hydrogen) atoms. The molecule has 3 rings (SSSR count). The van der Waals surface area contributed by atoms with E-state index < -0.39 is 12.3 Å². The summed E-state index contributed by atoms with van der Waals surface area (Å²) < 4.78 is 43.5. The highest BCUT2D eigenvalue weighted by Crippen LogP contribution is 2.40. The minimum atomic E-state index is -4.48. The van der Waals surface area contributed by atoms with Crippen LogP contribution in [0.3, 0.4) is 0 Å². The van der Waals surface area contributed by atoms with Crippen LogP contribution in [0, 0.1) is 0 Å². The van der Waals surface area contributed by atoms with Gasteiger partial charge in [0, 0.05) is 11.3 Å². The van der Waals surface area contributed by atoms with Crippen molar-refractivity contribution in [2.45, 2.75) is 25.6 Å². The summed E-state index contributed by atoms with van der Waals surface area (Å²) in [5, 5.41) is 2.98. The first-order valence-electron chi connectivity index (χ1n) is 7.21. The van der Waals surface area contributed by atoms with Gasteiger partial charge in [0.15, 0.2) is 6.10 Å². The molecule has 1 atom stereocenters. The minimum Gasteiger partial charge on any atom is -0.481 e. The van der Waals surface area contributed by atoms with Crippen LogP contribution in [0.5, 0.6) is 5.75 Å². The number of ether oxygens (including phenoxy) is 1. The number of amides is 1. The van der Waals surface area contributed by atoms with Gasteiger partial charge in [-0.1, -0.05) is 23.7 Å². The molecular formula is C17H13ClF3NO2. The summed E-state index contributed by atoms with van der Waals surface area (Å²) in [7, 11) is 0. The first-order chi connectivity index (χ1) is 11.3. The van der Waals surface area contributed by atoms with Crippen molar-refractivity contribution in [3.05, 3.63) is 47.0 Å². The van der Waals surface area contributed by atoms with Crippen LogP contribution < -0.4 is 10.1 Å². The molecule has 1 aliphatic rings. The van der Waals surface area contributed by atoms with Crippen LogP contribution in [-0.2, 0) is 11.2 Å². The quantitative estimate of drug-likeness (QED) is 0.856. The summed E-state index contributed by atoms with van der Waals surface area (Å²) in [5.74, 6) is -0.0759. The second-order valence-corrected chi connectivity index (χ2v) is 5.92. The topological polar surface area (TPSA) is 38.3 Å². The van der Waals surface area contributed by atoms with Crippen LogP contribution in [0.2, 0.25) is 5.02 Å². The van der Waals surface area contributed by atoms with Crippen molar-refractivity contribution >= 4 is 23.2 Å². The highest BCUT2D eigenvalue weighted by Gasteiger charge is 2.38. The van der Waals surface area contributed by atoms with Gasteiger partial charge >= 0.3 is 6.18 Å². The Hall–Kier alpha value is -2.21. The van der Waals surface area contributed by atoms with Gasteiger partial charge in [-0.05, 0) is 42.3 Å². The highest BCUT2D eigenvalue weighted by molar-refractivity contribution is 6.33. The Labute approximate surface area is 141 Å². The summed E-state index contributed by atoms with van der Waals surface area (Å²) in [6.07, 6.45) is -6.22. The standard InChI is InChI=1S/C17H13ClF3NO2/c1-9(17(19,20)21)24-14-4-2-3-12(18)16(14)10-5-6-13-11(7-10)8-15(23)22-13/h2-7,9H,8H2,1H3,(H,22,23)/t9-/m0/s1. The van der Waals surface area contributed by atoms with E-state index in [0.717, 1.165) is 12.5 Å². The second-order valence-electron chi connectivity index (χ2n) is 5.51. The van der Waals surface area contributed by atoms with E-state index in [1.165, 1.54) is 12.1 Å². The van der Waals surface area contributed by atoms with Crippen molar-refractivity contribution in [2.24, 2.45) is 0 Å². The van der Waals surface area contributed by atoms with Gasteiger partial charge in [-0.15, -0.1) is 0 Å². The number of carbonyl (C=O) groups is 1. The third-order valence-electron chi connectivity index (χ3n) is 3.76. The van der Waals surface area contributed by atoms with E-state index in [9.17, 15) is 18.0 Å². The van der Waals surface area contributed by atoms with E-state index in [2.05, 4.69) is 5.32 Å². The maximum atomic E-state index is 12.8. The van der Waals surface area contributed by atoms with E-state index in [4.69, 9.17) is 16.3 Å². The molecule has 3 nitrogen and oxygen atoms in total. The average Bonchev–Trinajstić information content (AvgIpc) is 2.85. The Balaban J connectivity index is 2.02. The molecule has 0 saturated heterocycles. The zero-order valence-electron chi connectivity index (χ0n) is 12.6. The predicted octanol–water partition coefficient (Wildman–Crippen LogP) is 4.83. The van der Waals surface area contributed by atoms with Crippen LogP contribution in [-0.4, -0.2) is 18.2 Å². The fraction of sp³-hybridized carbons (Fsp3) is 0.235. The normalized spacial score (nSPS) is 15.0. The Morgan fingerprint density at radius 2 is 2.00 bits per heavy atom. The second kappa shape index (κ2) is 6.02. The Kier molecular flexibility index (Phi) is 4.17. The van der Waals surface area contributed by atoms with Gasteiger partial charge in [0.05, 0.1) is 11.4 Å². The molecule has 0 saturated carbocycles. The molecule has 1 amide bonds. The van der Waals surface area contributed by atoms with Gasteiger partial charge in [0.2, 0.25) is 5.91 Å². The van der Waals surface area contributed by atoms with Crippen molar-refractivity contribution in [3.8, 4) is 16.9 Å². The molecule has 0 fully saturated rings. The Morgan fingerprint density at radius 1 is 1.25 bits per heavy atom. The van der Waals surface area contributed by atoms with Crippen molar-refractivity contribution < 1.29 is 22.7 Å². The van der Waals surface area contributed by atoms with Crippen LogP contribution in [0.4, 0.5) is 18.9 Å². The van der Waals surface area contributed by atoms with Crippen molar-refractivity contribution in [2.75, 3.05) is 5.32 Å². The Morgan fingerprint density at radius 3 is 2.71 bits per heavy atom. The molecule has 0 aromatic heterocycles. The zero-order chi connectivity index (χ0) is 17.5. The van der Waals surface area contributed by atoms with Gasteiger partial charge in [-0.25, -0.2) is 0 Å². The first-order valence-corrected chi connectivity index (χ1v) is 7.58. The molecule has 1 N–H and O–H groups in total. The maximum Gasteiger partial charge on any atom is 0.425 e. The maximum absolute atomic E-state index is 12.8. The van der Waals surface area contributed by atoms with E-state index >= 15 is 0 Å². The number of nitrogens with one attached hydrogen (secondary N) is 1. The van der Waals surface area contributed by atoms with Crippen LogP contribution in [0.1, 0.15) is 12.5 Å². The van der Waals surface area contributed by atoms with E-state index in [-0.39, 0.29) is 23.1 Å². The lowest BCUT2D eigenvalue weighted by Crippen LogP contribution is -2.31. The molecule has 0 unspecified atom stereocenters. The minimum absolute atomic E-state index is 0.0459. The lowest BCUT2D eigenvalue weighted by Gasteiger charge is -2.20. The fourth-order valence-corrected chi connectivity index (χ4v) is 2.80. The predicted molar refractivity (Wildman–Crippen MR) is 85.4 cm³/mol. The summed E-state index contributed by atoms with van der Waals surface area (Å²) in [5.41, 5.74) is 2.44. The molecule has 0 spiro atoms. The number of alkyl halides is 3. The molecule has 0 aliphatic carbocycles. The first kappa shape index (κ1) is 16.6. The summed E-state index contributed by atoms with van der Waals surface area (Å²) in [4.78, 5) is 11.5. The number of anilines is 1. The van der Waals surface area contributed by atoms with Crippen molar-refractivity contribution in [1.29, 1.82) is 0 Å². The van der Waals surface area contributed by atoms with Gasteiger partial charge in [0.1, 0.15) is 5.75 Å². The van der Waals surface area contributed by atoms with Crippen LogP contribution >= 0.6 is 11.6 Å². The third-order valence-corrected chi connectivity index (χ3v) is 4.07. The van der Waals surface area contributed by atoms with E-state index in [1.54, 1.807) is 24.3 Å². The summed E-state index contributed by atoms with van der Waals surface area (Å²) in [6, 6.07) is 9.69. The monoisotopic (exact) mass is 355 g/mol. The van der Waals surface area contributed by atoms with Gasteiger partial charge in [-0.2, -0.15) is 13.2 Å². The summed E-state index contributed by atoms with van der Waals surface area (Å²) in [6.45, 7) is 0.940. The molecule has 0 bridgehead atoms. The van der Waals surface area contributed by atoms with Crippen molar-refractivity contribution in [3.63, 3.8) is 0 Å².